The third-order valence-electron chi connectivity index (χ3n) is 4.51. The van der Waals surface area contributed by atoms with Crippen molar-refractivity contribution in [2.45, 2.75) is 52.9 Å². The van der Waals surface area contributed by atoms with Crippen molar-refractivity contribution in [3.8, 4) is 0 Å². The lowest BCUT2D eigenvalue weighted by molar-refractivity contribution is 0.122. The summed E-state index contributed by atoms with van der Waals surface area (Å²) in [4.78, 5) is 3.08. The van der Waals surface area contributed by atoms with Crippen molar-refractivity contribution in [2.24, 2.45) is 23.0 Å². The zero-order valence-electron chi connectivity index (χ0n) is 12.0. The van der Waals surface area contributed by atoms with Crippen LogP contribution < -0.4 is 5.73 Å². The van der Waals surface area contributed by atoms with E-state index in [1.54, 1.807) is 4.88 Å². The maximum atomic E-state index is 5.97. The maximum absolute atomic E-state index is 5.97. The third kappa shape index (κ3) is 3.36. The van der Waals surface area contributed by atoms with Gasteiger partial charge in [0, 0.05) is 9.75 Å². The quantitative estimate of drug-likeness (QED) is 0.865. The van der Waals surface area contributed by atoms with Gasteiger partial charge >= 0.3 is 0 Å². The topological polar surface area (TPSA) is 26.0 Å². The van der Waals surface area contributed by atoms with Crippen molar-refractivity contribution in [3.63, 3.8) is 0 Å². The fourth-order valence-electron chi connectivity index (χ4n) is 3.32. The lowest BCUT2D eigenvalue weighted by Gasteiger charge is -2.40. The highest BCUT2D eigenvalue weighted by Crippen LogP contribution is 2.43. The Balaban J connectivity index is 2.04. The molecule has 102 valence electrons. The van der Waals surface area contributed by atoms with Gasteiger partial charge in [0.25, 0.3) is 0 Å². The Labute approximate surface area is 116 Å². The average Bonchev–Trinajstić information content (AvgIpc) is 2.76. The van der Waals surface area contributed by atoms with Gasteiger partial charge in [0.05, 0.1) is 0 Å². The van der Waals surface area contributed by atoms with Crippen LogP contribution in [0.25, 0.3) is 0 Å². The first kappa shape index (κ1) is 14.1. The molecule has 1 fully saturated rings. The van der Waals surface area contributed by atoms with Gasteiger partial charge in [-0.15, -0.1) is 11.3 Å². The van der Waals surface area contributed by atoms with E-state index in [0.29, 0.717) is 5.41 Å². The zero-order chi connectivity index (χ0) is 13.2. The van der Waals surface area contributed by atoms with Gasteiger partial charge in [0.15, 0.2) is 0 Å². The second kappa shape index (κ2) is 5.75. The maximum Gasteiger partial charge on any atom is 0.00510 e. The van der Waals surface area contributed by atoms with Gasteiger partial charge < -0.3 is 5.73 Å². The minimum Gasteiger partial charge on any atom is -0.330 e. The van der Waals surface area contributed by atoms with Crippen molar-refractivity contribution in [1.82, 2.24) is 0 Å². The van der Waals surface area contributed by atoms with E-state index in [9.17, 15) is 0 Å². The summed E-state index contributed by atoms with van der Waals surface area (Å²) >= 11 is 2.00. The van der Waals surface area contributed by atoms with E-state index in [1.807, 2.05) is 11.3 Å². The van der Waals surface area contributed by atoms with Crippen LogP contribution in [0.5, 0.6) is 0 Å². The first-order valence-corrected chi connectivity index (χ1v) is 8.13. The Morgan fingerprint density at radius 2 is 2.00 bits per heavy atom. The predicted octanol–water partition coefficient (Wildman–Crippen LogP) is 4.25. The van der Waals surface area contributed by atoms with Crippen molar-refractivity contribution >= 4 is 11.3 Å². The lowest BCUT2D eigenvalue weighted by atomic mass is 9.66. The van der Waals surface area contributed by atoms with Gasteiger partial charge in [-0.25, -0.2) is 0 Å². The summed E-state index contributed by atoms with van der Waals surface area (Å²) in [6.07, 6.45) is 6.42. The normalized spacial score (nSPS) is 27.3. The van der Waals surface area contributed by atoms with Gasteiger partial charge in [-0.3, -0.25) is 0 Å². The molecule has 0 saturated heterocycles. The van der Waals surface area contributed by atoms with Crippen molar-refractivity contribution < 1.29 is 0 Å². The SMILES string of the molecule is CCc1ccc(CC2CC(C)(C)CCC2CN)s1. The number of hydrogen-bond donors (Lipinski definition) is 1. The van der Waals surface area contributed by atoms with Gasteiger partial charge in [-0.2, -0.15) is 0 Å². The highest BCUT2D eigenvalue weighted by atomic mass is 32.1. The van der Waals surface area contributed by atoms with Crippen molar-refractivity contribution in [3.05, 3.63) is 21.9 Å². The van der Waals surface area contributed by atoms with Crippen LogP contribution in [0, 0.1) is 17.3 Å². The molecule has 1 aliphatic carbocycles. The molecule has 0 amide bonds. The molecule has 0 aromatic carbocycles. The minimum absolute atomic E-state index is 0.515. The average molecular weight is 265 g/mol. The molecule has 1 saturated carbocycles. The van der Waals surface area contributed by atoms with Gasteiger partial charge in [0.2, 0.25) is 0 Å². The summed E-state index contributed by atoms with van der Waals surface area (Å²) in [5.74, 6) is 1.53. The van der Waals surface area contributed by atoms with Gasteiger partial charge in [-0.05, 0) is 68.0 Å². The Bertz CT molecular complexity index is 380. The molecule has 18 heavy (non-hydrogen) atoms. The van der Waals surface area contributed by atoms with Crippen LogP contribution in [0.1, 0.15) is 49.8 Å². The molecule has 2 rings (SSSR count). The molecule has 2 N–H and O–H groups in total. The largest absolute Gasteiger partial charge is 0.330 e. The molecule has 0 aliphatic heterocycles. The van der Waals surface area contributed by atoms with E-state index < -0.39 is 0 Å². The molecular formula is C16H27NS. The second-order valence-corrected chi connectivity index (χ2v) is 7.84. The summed E-state index contributed by atoms with van der Waals surface area (Å²) in [6.45, 7) is 7.94. The highest BCUT2D eigenvalue weighted by Gasteiger charge is 2.34. The van der Waals surface area contributed by atoms with Crippen LogP contribution in [-0.4, -0.2) is 6.54 Å². The van der Waals surface area contributed by atoms with Crippen LogP contribution in [0.2, 0.25) is 0 Å². The van der Waals surface area contributed by atoms with Crippen LogP contribution in [-0.2, 0) is 12.8 Å². The fraction of sp³-hybridized carbons (Fsp3) is 0.750. The first-order valence-electron chi connectivity index (χ1n) is 7.31. The number of hydrogen-bond acceptors (Lipinski definition) is 2. The van der Waals surface area contributed by atoms with Crippen LogP contribution in [0.15, 0.2) is 12.1 Å². The van der Waals surface area contributed by atoms with Crippen LogP contribution in [0.4, 0.5) is 0 Å². The first-order chi connectivity index (χ1) is 8.54. The second-order valence-electron chi connectivity index (χ2n) is 6.59. The molecule has 0 bridgehead atoms. The molecule has 0 radical (unpaired) electrons. The van der Waals surface area contributed by atoms with E-state index in [-0.39, 0.29) is 0 Å². The lowest BCUT2D eigenvalue weighted by Crippen LogP contribution is -2.35. The predicted molar refractivity (Wildman–Crippen MR) is 81.1 cm³/mol. The molecular weight excluding hydrogens is 238 g/mol. The fourth-order valence-corrected chi connectivity index (χ4v) is 4.37. The summed E-state index contributed by atoms with van der Waals surface area (Å²) < 4.78 is 0. The Kier molecular flexibility index (Phi) is 4.50. The Hall–Kier alpha value is -0.340. The smallest absolute Gasteiger partial charge is 0.00510 e. The zero-order valence-corrected chi connectivity index (χ0v) is 12.9. The Morgan fingerprint density at radius 3 is 2.61 bits per heavy atom. The molecule has 2 heteroatoms. The Morgan fingerprint density at radius 1 is 1.28 bits per heavy atom. The number of thiophene rings is 1. The third-order valence-corrected chi connectivity index (χ3v) is 5.76. The van der Waals surface area contributed by atoms with E-state index in [2.05, 4.69) is 32.9 Å². The van der Waals surface area contributed by atoms with Crippen molar-refractivity contribution in [1.29, 1.82) is 0 Å². The summed E-state index contributed by atoms with van der Waals surface area (Å²) in [5.41, 5.74) is 6.49. The standard InChI is InChI=1S/C16H27NS/c1-4-14-5-6-15(18-14)9-13-10-16(2,3)8-7-12(13)11-17/h5-6,12-13H,4,7-11,17H2,1-3H3. The van der Waals surface area contributed by atoms with E-state index in [1.165, 1.54) is 37.0 Å². The molecule has 1 aromatic heterocycles. The molecule has 1 aromatic rings. The number of nitrogens with two attached hydrogens (primary N) is 1. The van der Waals surface area contributed by atoms with Gasteiger partial charge in [0.1, 0.15) is 0 Å². The highest BCUT2D eigenvalue weighted by molar-refractivity contribution is 7.11. The summed E-state index contributed by atoms with van der Waals surface area (Å²) in [5, 5.41) is 0. The number of aryl methyl sites for hydroxylation is 1. The molecule has 0 spiro atoms. The molecule has 1 heterocycles. The van der Waals surface area contributed by atoms with E-state index >= 15 is 0 Å². The van der Waals surface area contributed by atoms with Gasteiger partial charge in [-0.1, -0.05) is 20.8 Å². The molecule has 1 nitrogen and oxygen atoms in total. The molecule has 1 aliphatic rings. The van der Waals surface area contributed by atoms with E-state index in [0.717, 1.165) is 18.4 Å². The van der Waals surface area contributed by atoms with Crippen molar-refractivity contribution in [2.75, 3.05) is 6.54 Å². The number of rotatable bonds is 4. The molecule has 2 unspecified atom stereocenters. The summed E-state index contributed by atoms with van der Waals surface area (Å²) in [7, 11) is 0. The summed E-state index contributed by atoms with van der Waals surface area (Å²) in [6, 6.07) is 4.63. The van der Waals surface area contributed by atoms with E-state index in [4.69, 9.17) is 5.73 Å². The van der Waals surface area contributed by atoms with Crippen LogP contribution in [0.3, 0.4) is 0 Å². The monoisotopic (exact) mass is 265 g/mol. The molecule has 2 atom stereocenters. The van der Waals surface area contributed by atoms with Crippen LogP contribution >= 0.6 is 11.3 Å². The minimum atomic E-state index is 0.515.